The third kappa shape index (κ3) is 17.4. The smallest absolute Gasteiger partial charge is 0.260 e. The van der Waals surface area contributed by atoms with Crippen LogP contribution >= 0.6 is 0 Å². The Kier molecular flexibility index (Phi) is 21.1. The van der Waals surface area contributed by atoms with Gasteiger partial charge in [0, 0.05) is 85.1 Å². The van der Waals surface area contributed by atoms with E-state index in [0.717, 1.165) is 44.5 Å². The van der Waals surface area contributed by atoms with E-state index >= 15 is 0 Å². The summed E-state index contributed by atoms with van der Waals surface area (Å²) in [6.07, 6.45) is 1.35. The molecule has 0 aliphatic heterocycles. The molecular weight excluding hydrogens is 877 g/mol. The molecule has 0 unspecified atom stereocenters. The molecule has 0 aromatic heterocycles. The second kappa shape index (κ2) is 27.1. The Balaban J connectivity index is 1.65. The third-order valence-corrected chi connectivity index (χ3v) is 11.6. The van der Waals surface area contributed by atoms with Crippen molar-refractivity contribution >= 4 is 23.6 Å². The van der Waals surface area contributed by atoms with Gasteiger partial charge in [-0.2, -0.15) is 0 Å². The Hall–Kier alpha value is -6.20. The lowest BCUT2D eigenvalue weighted by Gasteiger charge is -2.23. The molecule has 0 spiro atoms. The molecule has 0 saturated heterocycles. The Labute approximate surface area is 409 Å². The van der Waals surface area contributed by atoms with Crippen molar-refractivity contribution in [3.05, 3.63) is 117 Å². The molecule has 0 atom stereocenters. The van der Waals surface area contributed by atoms with Gasteiger partial charge in [0.25, 0.3) is 23.6 Å². The Bertz CT molecular complexity index is 2210. The average Bonchev–Trinajstić information content (AvgIpc) is 3.29. The van der Waals surface area contributed by atoms with Crippen LogP contribution in [-0.4, -0.2) is 190 Å². The first kappa shape index (κ1) is 53.8. The SMILES string of the molecule is CN(C)CCNC(=O)COc1c2cccc1Cc1cccc(c1OCC(=O)NCCN(C)C)Cc1cccc(c1OCC(=O)N(C)CCN(C)C)Cc1cccc(c1OCC(=O)NCCN(C)C)C2. The van der Waals surface area contributed by atoms with E-state index in [9.17, 15) is 19.2 Å². The molecule has 4 aromatic rings. The van der Waals surface area contributed by atoms with Gasteiger partial charge in [-0.1, -0.05) is 72.8 Å². The standard InChI is InChI=1S/C53H74N8O8/c1-57(2)25-22-54-46(62)34-66-50-38-14-10-15-39(50)31-41-17-12-19-43(52(41)68-36-48(64)56-24-27-59(5)6)33-45-21-13-20-44(53(45)69-37-49(65)61(9)29-28-60(7)8)32-42-18-11-16-40(30-38)51(42)67-35-47(63)55-23-26-58(3)4/h10-21H,22-37H2,1-9H3,(H,54,62)(H,55,63)(H,56,64). The Morgan fingerprint density at radius 2 is 0.623 bits per heavy atom. The number of carbonyl (C=O) groups is 4. The van der Waals surface area contributed by atoms with E-state index in [-0.39, 0.29) is 50.1 Å². The highest BCUT2D eigenvalue weighted by Crippen LogP contribution is 2.39. The van der Waals surface area contributed by atoms with Gasteiger partial charge in [-0.05, 0) is 101 Å². The fraction of sp³-hybridized carbons (Fsp3) is 0.472. The van der Waals surface area contributed by atoms with Crippen molar-refractivity contribution in [1.82, 2.24) is 40.4 Å². The Morgan fingerprint density at radius 3 is 0.870 bits per heavy atom. The maximum Gasteiger partial charge on any atom is 0.260 e. The van der Waals surface area contributed by atoms with E-state index in [1.165, 1.54) is 0 Å². The number of hydrogen-bond donors (Lipinski definition) is 3. The summed E-state index contributed by atoms with van der Waals surface area (Å²) in [5.74, 6) is 1.28. The van der Waals surface area contributed by atoms with Crippen LogP contribution in [0.15, 0.2) is 72.8 Å². The number of rotatable bonds is 24. The molecule has 4 aromatic carbocycles. The number of benzene rings is 4. The number of amides is 4. The van der Waals surface area contributed by atoms with E-state index in [4.69, 9.17) is 18.9 Å². The molecule has 0 heterocycles. The largest absolute Gasteiger partial charge is 0.483 e. The summed E-state index contributed by atoms with van der Waals surface area (Å²) < 4.78 is 26.2. The lowest BCUT2D eigenvalue weighted by Crippen LogP contribution is -2.36. The maximum absolute atomic E-state index is 13.6. The lowest BCUT2D eigenvalue weighted by molar-refractivity contribution is -0.132. The third-order valence-electron chi connectivity index (χ3n) is 11.6. The second-order valence-corrected chi connectivity index (χ2v) is 18.6. The average molecular weight is 951 g/mol. The van der Waals surface area contributed by atoms with Crippen LogP contribution in [-0.2, 0) is 44.9 Å². The van der Waals surface area contributed by atoms with Gasteiger partial charge in [-0.15, -0.1) is 0 Å². The molecular formula is C53H74N8O8. The fourth-order valence-corrected chi connectivity index (χ4v) is 7.77. The van der Waals surface area contributed by atoms with E-state index in [2.05, 4.69) is 16.0 Å². The molecule has 69 heavy (non-hydrogen) atoms. The first-order valence-electron chi connectivity index (χ1n) is 23.6. The summed E-state index contributed by atoms with van der Waals surface area (Å²) in [4.78, 5) is 63.0. The van der Waals surface area contributed by atoms with Gasteiger partial charge in [0.2, 0.25) is 0 Å². The highest BCUT2D eigenvalue weighted by molar-refractivity contribution is 5.79. The molecule has 8 bridgehead atoms. The number of para-hydroxylation sites is 4. The quantitative estimate of drug-likeness (QED) is 0.0833. The molecule has 1 aliphatic rings. The van der Waals surface area contributed by atoms with Crippen LogP contribution in [0.1, 0.15) is 44.5 Å². The first-order chi connectivity index (χ1) is 33.1. The van der Waals surface area contributed by atoms with Crippen LogP contribution < -0.4 is 34.9 Å². The van der Waals surface area contributed by atoms with Crippen LogP contribution in [0.25, 0.3) is 0 Å². The predicted molar refractivity (Wildman–Crippen MR) is 270 cm³/mol. The number of ether oxygens (including phenoxy) is 4. The minimum Gasteiger partial charge on any atom is -0.483 e. The van der Waals surface area contributed by atoms with Crippen molar-refractivity contribution in [2.75, 3.05) is 142 Å². The van der Waals surface area contributed by atoms with Gasteiger partial charge >= 0.3 is 0 Å². The van der Waals surface area contributed by atoms with E-state index in [1.807, 2.05) is 149 Å². The summed E-state index contributed by atoms with van der Waals surface area (Å²) in [6, 6.07) is 23.7. The summed E-state index contributed by atoms with van der Waals surface area (Å²) in [5, 5.41) is 8.88. The highest BCUT2D eigenvalue weighted by Gasteiger charge is 2.24. The molecule has 3 N–H and O–H groups in total. The zero-order chi connectivity index (χ0) is 49.9. The maximum atomic E-state index is 13.6. The van der Waals surface area contributed by atoms with Gasteiger partial charge in [0.1, 0.15) is 23.0 Å². The van der Waals surface area contributed by atoms with Crippen molar-refractivity contribution in [2.45, 2.75) is 25.7 Å². The normalized spacial score (nSPS) is 12.2. The van der Waals surface area contributed by atoms with Crippen molar-refractivity contribution < 1.29 is 38.1 Å². The molecule has 5 rings (SSSR count). The van der Waals surface area contributed by atoms with Gasteiger partial charge in [-0.3, -0.25) is 19.2 Å². The molecule has 4 amide bonds. The van der Waals surface area contributed by atoms with Crippen LogP contribution in [0.2, 0.25) is 0 Å². The van der Waals surface area contributed by atoms with E-state index in [0.29, 0.717) is 101 Å². The second-order valence-electron chi connectivity index (χ2n) is 18.6. The number of fused-ring (bicyclic) bond motifs is 8. The molecule has 16 nitrogen and oxygen atoms in total. The van der Waals surface area contributed by atoms with Crippen molar-refractivity contribution in [3.63, 3.8) is 0 Å². The number of hydrogen-bond acceptors (Lipinski definition) is 12. The van der Waals surface area contributed by atoms with Crippen molar-refractivity contribution in [1.29, 1.82) is 0 Å². The topological polar surface area (TPSA) is 157 Å². The van der Waals surface area contributed by atoms with Crippen LogP contribution in [0.4, 0.5) is 0 Å². The fourth-order valence-electron chi connectivity index (χ4n) is 7.77. The lowest BCUT2D eigenvalue weighted by atomic mass is 9.91. The van der Waals surface area contributed by atoms with E-state index in [1.54, 1.807) is 11.9 Å². The molecule has 374 valence electrons. The molecule has 0 fully saturated rings. The monoisotopic (exact) mass is 951 g/mol. The zero-order valence-electron chi connectivity index (χ0n) is 42.2. The predicted octanol–water partition coefficient (Wildman–Crippen LogP) is 2.93. The number of likely N-dealkylation sites (N-methyl/N-ethyl adjacent to an activating group) is 5. The van der Waals surface area contributed by atoms with Gasteiger partial charge in [-0.25, -0.2) is 0 Å². The molecule has 0 saturated carbocycles. The van der Waals surface area contributed by atoms with Gasteiger partial charge in [0.15, 0.2) is 26.4 Å². The van der Waals surface area contributed by atoms with Crippen molar-refractivity contribution in [3.8, 4) is 23.0 Å². The van der Waals surface area contributed by atoms with E-state index < -0.39 is 0 Å². The number of nitrogens with one attached hydrogen (secondary N) is 3. The van der Waals surface area contributed by atoms with Gasteiger partial charge in [0.05, 0.1) is 0 Å². The van der Waals surface area contributed by atoms with Crippen molar-refractivity contribution in [2.24, 2.45) is 0 Å². The summed E-state index contributed by atoms with van der Waals surface area (Å²) in [6.45, 7) is 3.85. The summed E-state index contributed by atoms with van der Waals surface area (Å²) in [5.41, 5.74) is 6.46. The first-order valence-corrected chi connectivity index (χ1v) is 23.6. The van der Waals surface area contributed by atoms with Crippen LogP contribution in [0, 0.1) is 0 Å². The minimum absolute atomic E-state index is 0.164. The molecule has 16 heteroatoms. The number of nitrogens with zero attached hydrogens (tertiary/aromatic N) is 5. The Morgan fingerprint density at radius 1 is 0.377 bits per heavy atom. The molecule has 1 aliphatic carbocycles. The summed E-state index contributed by atoms with van der Waals surface area (Å²) in [7, 11) is 17.4. The highest BCUT2D eigenvalue weighted by atomic mass is 16.5. The molecule has 0 radical (unpaired) electrons. The zero-order valence-corrected chi connectivity index (χ0v) is 42.2. The van der Waals surface area contributed by atoms with Crippen LogP contribution in [0.3, 0.4) is 0 Å². The minimum atomic E-state index is -0.251. The number of carbonyl (C=O) groups excluding carboxylic acids is 4. The van der Waals surface area contributed by atoms with Crippen LogP contribution in [0.5, 0.6) is 23.0 Å². The summed E-state index contributed by atoms with van der Waals surface area (Å²) >= 11 is 0. The van der Waals surface area contributed by atoms with Gasteiger partial charge < -0.3 is 59.4 Å².